The summed E-state index contributed by atoms with van der Waals surface area (Å²) in [6.07, 6.45) is 0. The van der Waals surface area contributed by atoms with Crippen molar-refractivity contribution >= 4 is 15.9 Å². The number of ether oxygens (including phenoxy) is 3. The van der Waals surface area contributed by atoms with E-state index in [0.29, 0.717) is 21.9 Å². The number of rotatable bonds is 6. The first-order valence-electron chi connectivity index (χ1n) is 6.37. The van der Waals surface area contributed by atoms with Gasteiger partial charge in [0.25, 0.3) is 0 Å². The van der Waals surface area contributed by atoms with Crippen molar-refractivity contribution in [2.45, 2.75) is 6.04 Å². The highest BCUT2D eigenvalue weighted by Crippen LogP contribution is 2.41. The Hall–Kier alpha value is -1.66. The van der Waals surface area contributed by atoms with Crippen LogP contribution in [0.15, 0.2) is 33.4 Å². The summed E-state index contributed by atoms with van der Waals surface area (Å²) in [7, 11) is 6.68. The monoisotopic (exact) mass is 355 g/mol. The minimum absolute atomic E-state index is 0.202. The van der Waals surface area contributed by atoms with Crippen LogP contribution in [0, 0.1) is 0 Å². The van der Waals surface area contributed by atoms with E-state index in [4.69, 9.17) is 18.6 Å². The molecule has 1 atom stereocenters. The lowest BCUT2D eigenvalue weighted by atomic mass is 10.0. The molecule has 1 unspecified atom stereocenters. The molecule has 1 aromatic heterocycles. The van der Waals surface area contributed by atoms with Crippen LogP contribution in [0.4, 0.5) is 0 Å². The molecular weight excluding hydrogens is 338 g/mol. The van der Waals surface area contributed by atoms with Crippen molar-refractivity contribution in [3.05, 3.63) is 40.3 Å². The smallest absolute Gasteiger partial charge is 0.169 e. The SMILES string of the molecule is CNC(c1ccc(Br)o1)c1c(OC)cc(OC)cc1OC. The highest BCUT2D eigenvalue weighted by molar-refractivity contribution is 9.10. The van der Waals surface area contributed by atoms with Gasteiger partial charge in [-0.25, -0.2) is 0 Å². The predicted molar refractivity (Wildman–Crippen MR) is 83.4 cm³/mol. The maximum atomic E-state index is 5.66. The molecule has 0 fully saturated rings. The minimum atomic E-state index is -0.202. The fraction of sp³-hybridized carbons (Fsp3) is 0.333. The van der Waals surface area contributed by atoms with Crippen LogP contribution < -0.4 is 19.5 Å². The minimum Gasteiger partial charge on any atom is -0.496 e. The van der Waals surface area contributed by atoms with Gasteiger partial charge in [-0.05, 0) is 35.1 Å². The molecule has 1 aromatic carbocycles. The van der Waals surface area contributed by atoms with Gasteiger partial charge in [0, 0.05) is 12.1 Å². The van der Waals surface area contributed by atoms with E-state index < -0.39 is 0 Å². The normalized spacial score (nSPS) is 12.0. The lowest BCUT2D eigenvalue weighted by Crippen LogP contribution is -2.19. The zero-order chi connectivity index (χ0) is 15.4. The van der Waals surface area contributed by atoms with Crippen LogP contribution in [0.25, 0.3) is 0 Å². The standard InChI is InChI=1S/C15H18BrNO4/c1-17-15(10-5-6-13(16)21-10)14-11(19-3)7-9(18-2)8-12(14)20-4/h5-8,15,17H,1-4H3. The quantitative estimate of drug-likeness (QED) is 0.860. The average Bonchev–Trinajstić information content (AvgIpc) is 2.94. The first-order chi connectivity index (χ1) is 10.1. The van der Waals surface area contributed by atoms with Gasteiger partial charge in [0.2, 0.25) is 0 Å². The van der Waals surface area contributed by atoms with Crippen LogP contribution >= 0.6 is 15.9 Å². The van der Waals surface area contributed by atoms with Crippen LogP contribution in [0.5, 0.6) is 17.2 Å². The molecule has 0 bridgehead atoms. The molecule has 0 aliphatic carbocycles. The van der Waals surface area contributed by atoms with E-state index in [0.717, 1.165) is 11.3 Å². The Labute approximate surface area is 132 Å². The zero-order valence-corrected chi connectivity index (χ0v) is 14.0. The van der Waals surface area contributed by atoms with Crippen molar-refractivity contribution in [1.29, 1.82) is 0 Å². The Morgan fingerprint density at radius 1 is 1.05 bits per heavy atom. The molecule has 21 heavy (non-hydrogen) atoms. The second kappa shape index (κ2) is 6.87. The van der Waals surface area contributed by atoms with E-state index in [1.807, 2.05) is 31.3 Å². The third-order valence-electron chi connectivity index (χ3n) is 3.21. The number of nitrogens with one attached hydrogen (secondary N) is 1. The highest BCUT2D eigenvalue weighted by atomic mass is 79.9. The van der Waals surface area contributed by atoms with Gasteiger partial charge in [-0.3, -0.25) is 0 Å². The molecule has 1 N–H and O–H groups in total. The molecular formula is C15H18BrNO4. The first-order valence-corrected chi connectivity index (χ1v) is 7.16. The molecule has 0 spiro atoms. The van der Waals surface area contributed by atoms with Crippen molar-refractivity contribution in [1.82, 2.24) is 5.32 Å². The number of benzene rings is 1. The maximum absolute atomic E-state index is 5.66. The molecule has 2 aromatic rings. The number of halogens is 1. The summed E-state index contributed by atoms with van der Waals surface area (Å²) in [5.41, 5.74) is 0.852. The van der Waals surface area contributed by atoms with Crippen molar-refractivity contribution in [3.63, 3.8) is 0 Å². The molecule has 0 aliphatic heterocycles. The number of hydrogen-bond acceptors (Lipinski definition) is 5. The largest absolute Gasteiger partial charge is 0.496 e. The highest BCUT2D eigenvalue weighted by Gasteiger charge is 2.25. The summed E-state index contributed by atoms with van der Waals surface area (Å²) in [4.78, 5) is 0. The molecule has 6 heteroatoms. The van der Waals surface area contributed by atoms with Crippen LogP contribution in [0.2, 0.25) is 0 Å². The topological polar surface area (TPSA) is 52.9 Å². The molecule has 0 radical (unpaired) electrons. The fourth-order valence-corrected chi connectivity index (χ4v) is 2.55. The van der Waals surface area contributed by atoms with E-state index in [2.05, 4.69) is 21.2 Å². The molecule has 0 saturated carbocycles. The van der Waals surface area contributed by atoms with Gasteiger partial charge in [0.1, 0.15) is 23.0 Å². The molecule has 0 aliphatic rings. The Balaban J connectivity index is 2.58. The van der Waals surface area contributed by atoms with Crippen molar-refractivity contribution in [2.75, 3.05) is 28.4 Å². The van der Waals surface area contributed by atoms with Crippen LogP contribution in [0.1, 0.15) is 17.4 Å². The van der Waals surface area contributed by atoms with Gasteiger partial charge in [-0.1, -0.05) is 0 Å². The number of methoxy groups -OCH3 is 3. The molecule has 0 amide bonds. The Morgan fingerprint density at radius 2 is 1.67 bits per heavy atom. The summed E-state index contributed by atoms with van der Waals surface area (Å²) in [5.74, 6) is 2.75. The summed E-state index contributed by atoms with van der Waals surface area (Å²) < 4.78 is 22.6. The molecule has 5 nitrogen and oxygen atoms in total. The Kier molecular flexibility index (Phi) is 5.14. The zero-order valence-electron chi connectivity index (χ0n) is 12.4. The lowest BCUT2D eigenvalue weighted by molar-refractivity contribution is 0.356. The van der Waals surface area contributed by atoms with Gasteiger partial charge in [-0.2, -0.15) is 0 Å². The number of hydrogen-bond donors (Lipinski definition) is 1. The summed E-state index contributed by atoms with van der Waals surface area (Å²) in [5, 5.41) is 3.22. The van der Waals surface area contributed by atoms with Gasteiger partial charge in [-0.15, -0.1) is 0 Å². The van der Waals surface area contributed by atoms with Crippen LogP contribution in [-0.2, 0) is 0 Å². The van der Waals surface area contributed by atoms with E-state index in [1.165, 1.54) is 0 Å². The van der Waals surface area contributed by atoms with Gasteiger partial charge >= 0.3 is 0 Å². The van der Waals surface area contributed by atoms with Crippen molar-refractivity contribution in [3.8, 4) is 17.2 Å². The molecule has 0 saturated heterocycles. The summed E-state index contributed by atoms with van der Waals surface area (Å²) in [6.45, 7) is 0. The molecule has 2 rings (SSSR count). The Bertz CT molecular complexity index is 586. The van der Waals surface area contributed by atoms with Crippen LogP contribution in [0.3, 0.4) is 0 Å². The third kappa shape index (κ3) is 3.16. The third-order valence-corrected chi connectivity index (χ3v) is 3.64. The van der Waals surface area contributed by atoms with Gasteiger partial charge < -0.3 is 23.9 Å². The molecule has 1 heterocycles. The van der Waals surface area contributed by atoms with Gasteiger partial charge in [0.15, 0.2) is 4.67 Å². The van der Waals surface area contributed by atoms with Crippen LogP contribution in [-0.4, -0.2) is 28.4 Å². The maximum Gasteiger partial charge on any atom is 0.169 e. The average molecular weight is 356 g/mol. The number of furan rings is 1. The lowest BCUT2D eigenvalue weighted by Gasteiger charge is -2.21. The van der Waals surface area contributed by atoms with E-state index in [9.17, 15) is 0 Å². The fourth-order valence-electron chi connectivity index (χ4n) is 2.23. The second-order valence-electron chi connectivity index (χ2n) is 4.31. The van der Waals surface area contributed by atoms with Crippen molar-refractivity contribution in [2.24, 2.45) is 0 Å². The van der Waals surface area contributed by atoms with Gasteiger partial charge in [0.05, 0.1) is 32.9 Å². The van der Waals surface area contributed by atoms with Crippen molar-refractivity contribution < 1.29 is 18.6 Å². The Morgan fingerprint density at radius 3 is 2.05 bits per heavy atom. The van der Waals surface area contributed by atoms with E-state index in [1.54, 1.807) is 21.3 Å². The molecule has 114 valence electrons. The predicted octanol–water partition coefficient (Wildman–Crippen LogP) is 3.38. The second-order valence-corrected chi connectivity index (χ2v) is 5.09. The summed E-state index contributed by atoms with van der Waals surface area (Å²) in [6, 6.07) is 7.18. The van der Waals surface area contributed by atoms with E-state index >= 15 is 0 Å². The first kappa shape index (κ1) is 15.7. The summed E-state index contributed by atoms with van der Waals surface area (Å²) >= 11 is 3.32. The van der Waals surface area contributed by atoms with E-state index in [-0.39, 0.29) is 6.04 Å².